The number of carbonyl (C=O) groups excluding carboxylic acids is 1. The molecule has 2 aromatic heterocycles. The van der Waals surface area contributed by atoms with Gasteiger partial charge in [0.25, 0.3) is 5.91 Å². The first-order chi connectivity index (χ1) is 12.6. The summed E-state index contributed by atoms with van der Waals surface area (Å²) in [6.07, 6.45) is 3.51. The van der Waals surface area contributed by atoms with Crippen LogP contribution in [0.4, 0.5) is 0 Å². The number of hydrogen-bond donors (Lipinski definition) is 2. The third-order valence-electron chi connectivity index (χ3n) is 4.40. The van der Waals surface area contributed by atoms with Gasteiger partial charge in [-0.05, 0) is 38.1 Å². The molecule has 4 rings (SSSR count). The third kappa shape index (κ3) is 2.95. The lowest BCUT2D eigenvalue weighted by Crippen LogP contribution is -2.19. The molecule has 0 aliphatic rings. The first-order valence-corrected chi connectivity index (χ1v) is 8.39. The molecule has 0 aliphatic carbocycles. The van der Waals surface area contributed by atoms with E-state index in [1.54, 1.807) is 6.21 Å². The number of para-hydroxylation sites is 1. The van der Waals surface area contributed by atoms with Crippen molar-refractivity contribution in [3.63, 3.8) is 0 Å². The number of rotatable bonds is 3. The number of hydrazone groups is 1. The summed E-state index contributed by atoms with van der Waals surface area (Å²) in [5, 5.41) is 6.11. The van der Waals surface area contributed by atoms with Gasteiger partial charge in [0.15, 0.2) is 0 Å². The van der Waals surface area contributed by atoms with Crippen LogP contribution in [0.1, 0.15) is 27.2 Å². The maximum Gasteiger partial charge on any atom is 0.273 e. The summed E-state index contributed by atoms with van der Waals surface area (Å²) >= 11 is 0. The molecular formula is C21H18N4O. The van der Waals surface area contributed by atoms with Crippen LogP contribution in [0.3, 0.4) is 0 Å². The molecule has 26 heavy (non-hydrogen) atoms. The van der Waals surface area contributed by atoms with Gasteiger partial charge in [-0.3, -0.25) is 9.78 Å². The lowest BCUT2D eigenvalue weighted by Gasteiger charge is -2.06. The van der Waals surface area contributed by atoms with Crippen molar-refractivity contribution >= 4 is 33.9 Å². The number of carbonyl (C=O) groups is 1. The van der Waals surface area contributed by atoms with Crippen LogP contribution in [0.25, 0.3) is 21.8 Å². The number of pyridine rings is 1. The molecular weight excluding hydrogens is 324 g/mol. The highest BCUT2D eigenvalue weighted by molar-refractivity contribution is 6.01. The molecule has 0 fully saturated rings. The second-order valence-electron chi connectivity index (χ2n) is 6.31. The van der Waals surface area contributed by atoms with E-state index in [4.69, 9.17) is 0 Å². The molecule has 5 nitrogen and oxygen atoms in total. The van der Waals surface area contributed by atoms with Crippen LogP contribution in [0.15, 0.2) is 59.8 Å². The maximum absolute atomic E-state index is 12.5. The summed E-state index contributed by atoms with van der Waals surface area (Å²) in [4.78, 5) is 20.2. The fraction of sp³-hybridized carbons (Fsp3) is 0.0952. The Balaban J connectivity index is 1.58. The highest BCUT2D eigenvalue weighted by atomic mass is 16.2. The van der Waals surface area contributed by atoms with Crippen LogP contribution in [0.2, 0.25) is 0 Å². The van der Waals surface area contributed by atoms with Gasteiger partial charge in [-0.15, -0.1) is 0 Å². The molecule has 0 unspecified atom stereocenters. The Morgan fingerprint density at radius 2 is 2.00 bits per heavy atom. The summed E-state index contributed by atoms with van der Waals surface area (Å²) in [5.41, 5.74) is 7.77. The highest BCUT2D eigenvalue weighted by Crippen LogP contribution is 2.18. The SMILES string of the molecule is Cc1ccc2nc(C)c(C(=O)N/N=C\c3c[nH]c4ccccc34)cc2c1. The minimum atomic E-state index is -0.269. The van der Waals surface area contributed by atoms with Gasteiger partial charge in [-0.1, -0.05) is 29.8 Å². The van der Waals surface area contributed by atoms with Crippen molar-refractivity contribution < 1.29 is 4.79 Å². The topological polar surface area (TPSA) is 70.1 Å². The fourth-order valence-corrected chi connectivity index (χ4v) is 3.04. The molecule has 0 atom stereocenters. The molecule has 0 saturated carbocycles. The monoisotopic (exact) mass is 342 g/mol. The van der Waals surface area contributed by atoms with Gasteiger partial charge in [0, 0.05) is 28.0 Å². The minimum Gasteiger partial charge on any atom is -0.361 e. The normalized spacial score (nSPS) is 11.5. The molecule has 128 valence electrons. The lowest BCUT2D eigenvalue weighted by atomic mass is 10.1. The first-order valence-electron chi connectivity index (χ1n) is 8.39. The number of amides is 1. The summed E-state index contributed by atoms with van der Waals surface area (Å²) in [5.74, 6) is -0.269. The molecule has 0 radical (unpaired) electrons. The van der Waals surface area contributed by atoms with E-state index >= 15 is 0 Å². The summed E-state index contributed by atoms with van der Waals surface area (Å²) in [6, 6.07) is 15.8. The van der Waals surface area contributed by atoms with Crippen LogP contribution in [-0.2, 0) is 0 Å². The number of benzene rings is 2. The molecule has 0 saturated heterocycles. The summed E-state index contributed by atoms with van der Waals surface area (Å²) in [7, 11) is 0. The molecule has 2 N–H and O–H groups in total. The van der Waals surface area contributed by atoms with Gasteiger partial charge in [0.1, 0.15) is 0 Å². The van der Waals surface area contributed by atoms with E-state index < -0.39 is 0 Å². The largest absolute Gasteiger partial charge is 0.361 e. The van der Waals surface area contributed by atoms with E-state index in [-0.39, 0.29) is 5.91 Å². The van der Waals surface area contributed by atoms with Gasteiger partial charge < -0.3 is 4.98 Å². The number of aryl methyl sites for hydroxylation is 2. The number of nitrogens with zero attached hydrogens (tertiary/aromatic N) is 2. The minimum absolute atomic E-state index is 0.269. The van der Waals surface area contributed by atoms with Crippen molar-refractivity contribution in [3.8, 4) is 0 Å². The van der Waals surface area contributed by atoms with E-state index in [2.05, 4.69) is 20.5 Å². The molecule has 1 amide bonds. The zero-order valence-electron chi connectivity index (χ0n) is 14.6. The number of aromatic nitrogens is 2. The van der Waals surface area contributed by atoms with Crippen LogP contribution < -0.4 is 5.43 Å². The average molecular weight is 342 g/mol. The Hall–Kier alpha value is -3.47. The second kappa shape index (κ2) is 6.44. The predicted octanol–water partition coefficient (Wildman–Crippen LogP) is 4.10. The molecule has 5 heteroatoms. The Morgan fingerprint density at radius 3 is 2.88 bits per heavy atom. The smallest absolute Gasteiger partial charge is 0.273 e. The van der Waals surface area contributed by atoms with Crippen LogP contribution in [-0.4, -0.2) is 22.1 Å². The van der Waals surface area contributed by atoms with Crippen molar-refractivity contribution in [1.82, 2.24) is 15.4 Å². The number of nitrogens with one attached hydrogen (secondary N) is 2. The van der Waals surface area contributed by atoms with E-state index in [0.29, 0.717) is 11.3 Å². The predicted molar refractivity (Wildman–Crippen MR) is 105 cm³/mol. The number of H-pyrrole nitrogens is 1. The fourth-order valence-electron chi connectivity index (χ4n) is 3.04. The van der Waals surface area contributed by atoms with Crippen LogP contribution in [0.5, 0.6) is 0 Å². The van der Waals surface area contributed by atoms with Gasteiger partial charge >= 0.3 is 0 Å². The second-order valence-corrected chi connectivity index (χ2v) is 6.31. The highest BCUT2D eigenvalue weighted by Gasteiger charge is 2.11. The standard InChI is InChI=1S/C21H18N4O/c1-13-7-8-19-15(9-13)10-18(14(2)24-19)21(26)25-23-12-16-11-22-20-6-4-3-5-17(16)20/h3-12,22H,1-2H3,(H,25,26)/b23-12-. The van der Waals surface area contributed by atoms with Crippen LogP contribution in [0, 0.1) is 13.8 Å². The Kier molecular flexibility index (Phi) is 3.97. The quantitative estimate of drug-likeness (QED) is 0.435. The van der Waals surface area contributed by atoms with Crippen molar-refractivity contribution in [2.24, 2.45) is 5.10 Å². The van der Waals surface area contributed by atoms with E-state index in [1.165, 1.54) is 0 Å². The van der Waals surface area contributed by atoms with Crippen LogP contribution >= 0.6 is 0 Å². The Labute approximate surface area is 150 Å². The first kappa shape index (κ1) is 16.0. The van der Waals surface area contributed by atoms with Crippen molar-refractivity contribution in [1.29, 1.82) is 0 Å². The molecule has 2 aromatic carbocycles. The van der Waals surface area contributed by atoms with Gasteiger partial charge in [0.05, 0.1) is 23.0 Å². The summed E-state index contributed by atoms with van der Waals surface area (Å²) < 4.78 is 0. The maximum atomic E-state index is 12.5. The molecule has 0 aliphatic heterocycles. The molecule has 0 bridgehead atoms. The van der Waals surface area contributed by atoms with E-state index in [0.717, 1.165) is 32.9 Å². The van der Waals surface area contributed by atoms with Gasteiger partial charge in [-0.25, -0.2) is 5.43 Å². The van der Waals surface area contributed by atoms with E-state index in [1.807, 2.05) is 68.6 Å². The molecule has 4 aromatic rings. The zero-order valence-corrected chi connectivity index (χ0v) is 14.6. The number of fused-ring (bicyclic) bond motifs is 2. The van der Waals surface area contributed by atoms with Crippen molar-refractivity contribution in [2.75, 3.05) is 0 Å². The molecule has 2 heterocycles. The zero-order chi connectivity index (χ0) is 18.1. The number of aromatic amines is 1. The lowest BCUT2D eigenvalue weighted by molar-refractivity contribution is 0.0954. The Bertz CT molecular complexity index is 1160. The van der Waals surface area contributed by atoms with E-state index in [9.17, 15) is 4.79 Å². The molecule has 0 spiro atoms. The van der Waals surface area contributed by atoms with Crippen molar-refractivity contribution in [3.05, 3.63) is 77.1 Å². The Morgan fingerprint density at radius 1 is 1.15 bits per heavy atom. The third-order valence-corrected chi connectivity index (χ3v) is 4.40. The average Bonchev–Trinajstić information content (AvgIpc) is 3.05. The van der Waals surface area contributed by atoms with Crippen molar-refractivity contribution in [2.45, 2.75) is 13.8 Å². The number of hydrogen-bond acceptors (Lipinski definition) is 3. The van der Waals surface area contributed by atoms with Gasteiger partial charge in [0.2, 0.25) is 0 Å². The van der Waals surface area contributed by atoms with Gasteiger partial charge in [-0.2, -0.15) is 5.10 Å². The summed E-state index contributed by atoms with van der Waals surface area (Å²) in [6.45, 7) is 3.85.